The molecular formula is C54H37NO. The number of para-hydroxylation sites is 3. The number of nitrogens with zero attached hydrogens (tertiary/aromatic N) is 1. The Bertz CT molecular complexity index is 2960. The second-order valence-corrected chi connectivity index (χ2v) is 14.0. The zero-order valence-electron chi connectivity index (χ0n) is 30.7. The summed E-state index contributed by atoms with van der Waals surface area (Å²) < 4.78 is 6.33. The van der Waals surface area contributed by atoms with E-state index in [1.54, 1.807) is 0 Å². The molecule has 0 N–H and O–H groups in total. The van der Waals surface area contributed by atoms with E-state index in [1.165, 1.54) is 33.4 Å². The molecule has 56 heavy (non-hydrogen) atoms. The molecule has 10 aromatic rings. The molecule has 10 rings (SSSR count). The van der Waals surface area contributed by atoms with Gasteiger partial charge in [-0.05, 0) is 80.9 Å². The van der Waals surface area contributed by atoms with Crippen LogP contribution in [0, 0.1) is 0 Å². The second kappa shape index (κ2) is 14.4. The maximum absolute atomic E-state index is 6.33. The molecule has 0 atom stereocenters. The topological polar surface area (TPSA) is 16.4 Å². The van der Waals surface area contributed by atoms with Crippen LogP contribution in [0.1, 0.15) is 0 Å². The van der Waals surface area contributed by atoms with Crippen LogP contribution in [-0.2, 0) is 0 Å². The molecule has 0 saturated heterocycles. The van der Waals surface area contributed by atoms with Crippen molar-refractivity contribution in [1.82, 2.24) is 0 Å². The number of hydrogen-bond donors (Lipinski definition) is 0. The first-order chi connectivity index (χ1) is 27.8. The molecule has 0 aliphatic carbocycles. The lowest BCUT2D eigenvalue weighted by Crippen LogP contribution is -2.12. The monoisotopic (exact) mass is 715 g/mol. The molecule has 0 spiro atoms. The van der Waals surface area contributed by atoms with Gasteiger partial charge in [0, 0.05) is 27.6 Å². The summed E-state index contributed by atoms with van der Waals surface area (Å²) in [5.41, 5.74) is 16.7. The van der Waals surface area contributed by atoms with Crippen LogP contribution in [0.2, 0.25) is 0 Å². The van der Waals surface area contributed by atoms with E-state index >= 15 is 0 Å². The van der Waals surface area contributed by atoms with Gasteiger partial charge in [0.1, 0.15) is 11.2 Å². The van der Waals surface area contributed by atoms with E-state index in [0.717, 1.165) is 61.3 Å². The van der Waals surface area contributed by atoms with Crippen molar-refractivity contribution in [1.29, 1.82) is 0 Å². The van der Waals surface area contributed by atoms with E-state index in [-0.39, 0.29) is 0 Å². The van der Waals surface area contributed by atoms with Crippen molar-refractivity contribution in [2.45, 2.75) is 0 Å². The summed E-state index contributed by atoms with van der Waals surface area (Å²) >= 11 is 0. The smallest absolute Gasteiger partial charge is 0.135 e. The number of fused-ring (bicyclic) bond motifs is 3. The first-order valence-electron chi connectivity index (χ1n) is 19.1. The van der Waals surface area contributed by atoms with Crippen LogP contribution in [0.5, 0.6) is 0 Å². The van der Waals surface area contributed by atoms with Gasteiger partial charge in [-0.1, -0.05) is 188 Å². The average Bonchev–Trinajstić information content (AvgIpc) is 3.66. The number of benzene rings is 9. The molecule has 2 nitrogen and oxygen atoms in total. The molecule has 0 unspecified atom stereocenters. The van der Waals surface area contributed by atoms with Crippen molar-refractivity contribution < 1.29 is 4.42 Å². The molecule has 0 amide bonds. The van der Waals surface area contributed by atoms with Gasteiger partial charge in [-0.25, -0.2) is 0 Å². The van der Waals surface area contributed by atoms with Gasteiger partial charge < -0.3 is 9.32 Å². The highest BCUT2D eigenvalue weighted by atomic mass is 16.3. The Morgan fingerprint density at radius 3 is 1.39 bits per heavy atom. The zero-order chi connectivity index (χ0) is 37.3. The molecule has 1 heterocycles. The first kappa shape index (κ1) is 33.2. The van der Waals surface area contributed by atoms with Crippen LogP contribution in [0.25, 0.3) is 77.6 Å². The van der Waals surface area contributed by atoms with Crippen LogP contribution in [0.4, 0.5) is 17.1 Å². The Balaban J connectivity index is 1.19. The van der Waals surface area contributed by atoms with E-state index in [0.29, 0.717) is 0 Å². The van der Waals surface area contributed by atoms with Gasteiger partial charge in [-0.2, -0.15) is 0 Å². The SMILES string of the molecule is c1ccc(-c2ccc(-c3ccccc3N(c3ccc4oc5ccccc5c4c3)c3ccccc3-c3ccccc3-c3ccccc3-c3ccccc3)cc2)cc1. The summed E-state index contributed by atoms with van der Waals surface area (Å²) in [5.74, 6) is 0. The minimum absolute atomic E-state index is 0.871. The van der Waals surface area contributed by atoms with Crippen molar-refractivity contribution in [2.24, 2.45) is 0 Å². The summed E-state index contributed by atoms with van der Waals surface area (Å²) in [4.78, 5) is 2.43. The quantitative estimate of drug-likeness (QED) is 0.156. The third-order valence-corrected chi connectivity index (χ3v) is 10.7. The predicted octanol–water partition coefficient (Wildman–Crippen LogP) is 15.4. The van der Waals surface area contributed by atoms with E-state index < -0.39 is 0 Å². The highest BCUT2D eigenvalue weighted by Gasteiger charge is 2.23. The number of rotatable bonds is 8. The zero-order valence-corrected chi connectivity index (χ0v) is 30.7. The van der Waals surface area contributed by atoms with Crippen LogP contribution >= 0.6 is 0 Å². The van der Waals surface area contributed by atoms with Crippen LogP contribution < -0.4 is 4.90 Å². The van der Waals surface area contributed by atoms with Gasteiger partial charge in [0.2, 0.25) is 0 Å². The fraction of sp³-hybridized carbons (Fsp3) is 0. The van der Waals surface area contributed by atoms with Crippen molar-refractivity contribution in [3.63, 3.8) is 0 Å². The van der Waals surface area contributed by atoms with Gasteiger partial charge in [-0.3, -0.25) is 0 Å². The average molecular weight is 716 g/mol. The van der Waals surface area contributed by atoms with Crippen molar-refractivity contribution in [2.75, 3.05) is 4.90 Å². The molecule has 0 bridgehead atoms. The standard InChI is InChI=1S/C54H37NO/c1-3-17-38(18-4-1)39-31-33-41(34-32-39)44-22-11-14-28-51(44)55(42-35-36-54-50(37-42)49-27-13-16-30-53(49)56-54)52-29-15-12-26-48(52)47-25-10-9-24-46(47)45-23-8-7-21-43(45)40-19-5-2-6-20-40/h1-37H. The lowest BCUT2D eigenvalue weighted by molar-refractivity contribution is 0.669. The number of anilines is 3. The number of furan rings is 1. The minimum atomic E-state index is 0.871. The highest BCUT2D eigenvalue weighted by Crippen LogP contribution is 2.48. The lowest BCUT2D eigenvalue weighted by atomic mass is 9.88. The summed E-state index contributed by atoms with van der Waals surface area (Å²) in [5, 5.41) is 2.19. The van der Waals surface area contributed by atoms with Gasteiger partial charge in [0.05, 0.1) is 11.4 Å². The molecular weight excluding hydrogens is 679 g/mol. The molecule has 1 aromatic heterocycles. The van der Waals surface area contributed by atoms with Gasteiger partial charge in [0.15, 0.2) is 0 Å². The first-order valence-corrected chi connectivity index (χ1v) is 19.1. The Kier molecular flexibility index (Phi) is 8.55. The summed E-state index contributed by atoms with van der Waals surface area (Å²) in [7, 11) is 0. The van der Waals surface area contributed by atoms with E-state index in [2.05, 4.69) is 217 Å². The maximum atomic E-state index is 6.33. The van der Waals surface area contributed by atoms with Crippen LogP contribution in [0.3, 0.4) is 0 Å². The fourth-order valence-corrected chi connectivity index (χ4v) is 8.08. The Morgan fingerprint density at radius 2 is 0.696 bits per heavy atom. The molecule has 0 radical (unpaired) electrons. The predicted molar refractivity (Wildman–Crippen MR) is 236 cm³/mol. The second-order valence-electron chi connectivity index (χ2n) is 14.0. The molecule has 0 fully saturated rings. The maximum Gasteiger partial charge on any atom is 0.135 e. The van der Waals surface area contributed by atoms with Gasteiger partial charge >= 0.3 is 0 Å². The number of hydrogen-bond acceptors (Lipinski definition) is 2. The third kappa shape index (κ3) is 6.04. The summed E-state index contributed by atoms with van der Waals surface area (Å²) in [6, 6.07) is 80.2. The molecule has 0 saturated carbocycles. The Morgan fingerprint density at radius 1 is 0.268 bits per heavy atom. The molecule has 0 aliphatic rings. The largest absolute Gasteiger partial charge is 0.456 e. The molecule has 9 aromatic carbocycles. The highest BCUT2D eigenvalue weighted by molar-refractivity contribution is 6.07. The van der Waals surface area contributed by atoms with Crippen molar-refractivity contribution in [3.05, 3.63) is 224 Å². The van der Waals surface area contributed by atoms with E-state index in [4.69, 9.17) is 4.42 Å². The van der Waals surface area contributed by atoms with Crippen LogP contribution in [-0.4, -0.2) is 0 Å². The van der Waals surface area contributed by atoms with Crippen molar-refractivity contribution in [3.8, 4) is 55.6 Å². The van der Waals surface area contributed by atoms with Gasteiger partial charge in [0.25, 0.3) is 0 Å². The normalized spacial score (nSPS) is 11.2. The Hall–Kier alpha value is -7.42. The molecule has 0 aliphatic heterocycles. The van der Waals surface area contributed by atoms with Crippen molar-refractivity contribution >= 4 is 39.0 Å². The van der Waals surface area contributed by atoms with Gasteiger partial charge in [-0.15, -0.1) is 0 Å². The summed E-state index contributed by atoms with van der Waals surface area (Å²) in [6.45, 7) is 0. The van der Waals surface area contributed by atoms with E-state index in [1.807, 2.05) is 12.1 Å². The molecule has 264 valence electrons. The minimum Gasteiger partial charge on any atom is -0.456 e. The Labute approximate surface area is 327 Å². The van der Waals surface area contributed by atoms with E-state index in [9.17, 15) is 0 Å². The fourth-order valence-electron chi connectivity index (χ4n) is 8.08. The lowest BCUT2D eigenvalue weighted by Gasteiger charge is -2.30. The third-order valence-electron chi connectivity index (χ3n) is 10.7. The van der Waals surface area contributed by atoms with Crippen LogP contribution in [0.15, 0.2) is 229 Å². The summed E-state index contributed by atoms with van der Waals surface area (Å²) in [6.07, 6.45) is 0. The molecule has 2 heteroatoms.